The second-order valence-electron chi connectivity index (χ2n) is 8.80. The van der Waals surface area contributed by atoms with Crippen molar-refractivity contribution in [3.8, 4) is 17.2 Å². The molecule has 4 rings (SSSR count). The Balaban J connectivity index is 1.96. The van der Waals surface area contributed by atoms with Gasteiger partial charge >= 0.3 is 11.9 Å². The van der Waals surface area contributed by atoms with Crippen molar-refractivity contribution >= 4 is 39.9 Å². The maximum absolute atomic E-state index is 13.6. The fourth-order valence-corrected chi connectivity index (χ4v) is 5.39. The third kappa shape index (κ3) is 5.15. The third-order valence-electron chi connectivity index (χ3n) is 6.23. The number of hydrogen-bond acceptors (Lipinski definition) is 10. The number of benzene rings is 2. The first-order valence-electron chi connectivity index (χ1n) is 12.3. The van der Waals surface area contributed by atoms with Gasteiger partial charge in [0, 0.05) is 17.2 Å². The lowest BCUT2D eigenvalue weighted by Crippen LogP contribution is -2.29. The van der Waals surface area contributed by atoms with Gasteiger partial charge in [-0.1, -0.05) is 24.0 Å². The van der Waals surface area contributed by atoms with Crippen LogP contribution in [0.2, 0.25) is 0 Å². The normalized spacial score (nSPS) is 16.2. The number of Topliss-reactive ketones (excluding diaryl/α,β-unsaturated/α-hetero) is 1. The molecule has 1 aliphatic heterocycles. The molecule has 10 nitrogen and oxygen atoms in total. The number of carbonyl (C=O) groups is 3. The summed E-state index contributed by atoms with van der Waals surface area (Å²) < 4.78 is 16.1. The van der Waals surface area contributed by atoms with E-state index in [-0.39, 0.29) is 40.3 Å². The van der Waals surface area contributed by atoms with E-state index >= 15 is 0 Å². The van der Waals surface area contributed by atoms with E-state index < -0.39 is 29.5 Å². The van der Waals surface area contributed by atoms with Crippen LogP contribution < -0.4 is 14.4 Å². The Hall–Kier alpha value is -4.64. The molecule has 2 aromatic carbocycles. The molecular formula is C29H28N2O8S. The minimum atomic E-state index is -1.19. The van der Waals surface area contributed by atoms with Crippen LogP contribution in [0.25, 0.3) is 5.76 Å². The van der Waals surface area contributed by atoms with Crippen molar-refractivity contribution in [1.29, 1.82) is 0 Å². The summed E-state index contributed by atoms with van der Waals surface area (Å²) in [6.45, 7) is 8.81. The summed E-state index contributed by atoms with van der Waals surface area (Å²) >= 11 is 0.881. The summed E-state index contributed by atoms with van der Waals surface area (Å²) in [4.78, 5) is 45.4. The second-order valence-corrected chi connectivity index (χ2v) is 9.78. The van der Waals surface area contributed by atoms with Crippen molar-refractivity contribution in [2.75, 3.05) is 25.2 Å². The Morgan fingerprint density at radius 3 is 2.60 bits per heavy atom. The SMILES string of the molecule is C=CCOC(=O)c1sc(N2C(=O)C(=O)C(=C(O)c3ccc(OC)cc3C)[C@H]2c2ccc(O)cc2OCC)nc1C. The summed E-state index contributed by atoms with van der Waals surface area (Å²) in [6, 6.07) is 7.99. The van der Waals surface area contributed by atoms with Crippen molar-refractivity contribution in [1.82, 2.24) is 4.98 Å². The molecule has 0 saturated carbocycles. The summed E-state index contributed by atoms with van der Waals surface area (Å²) in [5.41, 5.74) is 1.36. The lowest BCUT2D eigenvalue weighted by atomic mass is 9.93. The van der Waals surface area contributed by atoms with Gasteiger partial charge in [0.2, 0.25) is 0 Å². The van der Waals surface area contributed by atoms with Crippen LogP contribution >= 0.6 is 11.3 Å². The van der Waals surface area contributed by atoms with Crippen LogP contribution in [0.15, 0.2) is 54.6 Å². The number of phenols is 1. The van der Waals surface area contributed by atoms with Gasteiger partial charge in [-0.25, -0.2) is 9.78 Å². The van der Waals surface area contributed by atoms with Gasteiger partial charge in [-0.05, 0) is 56.7 Å². The fraction of sp³-hybridized carbons (Fsp3) is 0.241. The predicted molar refractivity (Wildman–Crippen MR) is 149 cm³/mol. The second kappa shape index (κ2) is 11.6. The molecule has 0 bridgehead atoms. The first-order chi connectivity index (χ1) is 19.1. The zero-order chi connectivity index (χ0) is 29.1. The highest BCUT2D eigenvalue weighted by atomic mass is 32.1. The molecule has 0 radical (unpaired) electrons. The summed E-state index contributed by atoms with van der Waals surface area (Å²) in [5.74, 6) is -2.28. The van der Waals surface area contributed by atoms with E-state index in [1.54, 1.807) is 39.0 Å². The third-order valence-corrected chi connectivity index (χ3v) is 7.37. The molecule has 1 aromatic heterocycles. The van der Waals surface area contributed by atoms with Crippen molar-refractivity contribution in [2.45, 2.75) is 26.8 Å². The maximum Gasteiger partial charge on any atom is 0.350 e. The molecule has 1 aliphatic rings. The number of hydrogen-bond donors (Lipinski definition) is 2. The largest absolute Gasteiger partial charge is 0.508 e. The molecule has 40 heavy (non-hydrogen) atoms. The molecule has 1 fully saturated rings. The average molecular weight is 565 g/mol. The zero-order valence-electron chi connectivity index (χ0n) is 22.4. The van der Waals surface area contributed by atoms with Gasteiger partial charge in [0.25, 0.3) is 5.78 Å². The number of aromatic hydroxyl groups is 1. The zero-order valence-corrected chi connectivity index (χ0v) is 23.2. The lowest BCUT2D eigenvalue weighted by Gasteiger charge is -2.25. The quantitative estimate of drug-likeness (QED) is 0.123. The van der Waals surface area contributed by atoms with E-state index in [9.17, 15) is 24.6 Å². The number of aromatic nitrogens is 1. The van der Waals surface area contributed by atoms with Gasteiger partial charge in [-0.15, -0.1) is 0 Å². The van der Waals surface area contributed by atoms with E-state index in [2.05, 4.69) is 11.6 Å². The number of rotatable bonds is 9. The molecule has 1 atom stereocenters. The van der Waals surface area contributed by atoms with Crippen LogP contribution in [0.3, 0.4) is 0 Å². The number of aryl methyl sites for hydroxylation is 2. The number of ketones is 1. The Morgan fingerprint density at radius 1 is 1.20 bits per heavy atom. The van der Waals surface area contributed by atoms with Crippen LogP contribution in [-0.4, -0.2) is 53.2 Å². The number of aliphatic hydroxyl groups is 1. The number of amides is 1. The number of methoxy groups -OCH3 is 1. The number of nitrogens with zero attached hydrogens (tertiary/aromatic N) is 2. The van der Waals surface area contributed by atoms with Crippen LogP contribution in [0, 0.1) is 13.8 Å². The van der Waals surface area contributed by atoms with Gasteiger partial charge in [0.15, 0.2) is 5.13 Å². The van der Waals surface area contributed by atoms with Crippen LogP contribution in [0.5, 0.6) is 17.2 Å². The highest BCUT2D eigenvalue weighted by Gasteiger charge is 2.49. The lowest BCUT2D eigenvalue weighted by molar-refractivity contribution is -0.132. The number of ether oxygens (including phenoxy) is 3. The maximum atomic E-state index is 13.6. The Morgan fingerprint density at radius 2 is 1.95 bits per heavy atom. The van der Waals surface area contributed by atoms with Crippen LogP contribution in [0.4, 0.5) is 5.13 Å². The molecule has 1 amide bonds. The molecule has 11 heteroatoms. The first kappa shape index (κ1) is 28.4. The van der Waals surface area contributed by atoms with Crippen molar-refractivity contribution < 1.29 is 38.8 Å². The van der Waals surface area contributed by atoms with Gasteiger partial charge in [0.1, 0.15) is 40.5 Å². The van der Waals surface area contributed by atoms with Crippen LogP contribution in [0.1, 0.15) is 45.0 Å². The van der Waals surface area contributed by atoms with Crippen LogP contribution in [-0.2, 0) is 14.3 Å². The molecule has 2 heterocycles. The Kier molecular flexibility index (Phi) is 8.24. The molecule has 0 aliphatic carbocycles. The highest BCUT2D eigenvalue weighted by Crippen LogP contribution is 2.47. The molecule has 0 unspecified atom stereocenters. The Labute approximate surface area is 234 Å². The highest BCUT2D eigenvalue weighted by molar-refractivity contribution is 7.17. The van der Waals surface area contributed by atoms with Gasteiger partial charge in [-0.2, -0.15) is 0 Å². The average Bonchev–Trinajstić information content (AvgIpc) is 3.43. The molecular weight excluding hydrogens is 536 g/mol. The molecule has 3 aromatic rings. The molecule has 208 valence electrons. The Bertz CT molecular complexity index is 1540. The minimum absolute atomic E-state index is 0.0115. The van der Waals surface area contributed by atoms with E-state index in [1.807, 2.05) is 0 Å². The minimum Gasteiger partial charge on any atom is -0.508 e. The molecule has 2 N–H and O–H groups in total. The summed E-state index contributed by atoms with van der Waals surface area (Å²) in [7, 11) is 1.51. The summed E-state index contributed by atoms with van der Waals surface area (Å²) in [5, 5.41) is 21.7. The standard InChI is InChI=1S/C29H28N2O8S/c1-6-12-39-28(36)26-16(4)30-29(40-26)31-23(20-10-8-17(32)14-21(20)38-7-2)22(25(34)27(31)35)24(33)19-11-9-18(37-5)13-15(19)3/h6,8-11,13-14,23,32-33H,1,7,12H2,2-5H3/t23-/m1/s1. The van der Waals surface area contributed by atoms with E-state index in [0.29, 0.717) is 28.1 Å². The van der Waals surface area contributed by atoms with Gasteiger partial charge in [0.05, 0.1) is 25.0 Å². The van der Waals surface area contributed by atoms with Crippen molar-refractivity contribution in [3.05, 3.63) is 81.9 Å². The van der Waals surface area contributed by atoms with E-state index in [1.165, 1.54) is 31.4 Å². The molecule has 1 saturated heterocycles. The molecule has 0 spiro atoms. The van der Waals surface area contributed by atoms with E-state index in [0.717, 1.165) is 16.2 Å². The smallest absolute Gasteiger partial charge is 0.350 e. The number of anilines is 1. The van der Waals surface area contributed by atoms with Crippen molar-refractivity contribution in [3.63, 3.8) is 0 Å². The number of thiazole rings is 1. The van der Waals surface area contributed by atoms with Gasteiger partial charge < -0.3 is 24.4 Å². The van der Waals surface area contributed by atoms with E-state index in [4.69, 9.17) is 14.2 Å². The number of esters is 1. The number of carbonyl (C=O) groups excluding carboxylic acids is 3. The summed E-state index contributed by atoms with van der Waals surface area (Å²) in [6.07, 6.45) is 1.43. The van der Waals surface area contributed by atoms with Gasteiger partial charge in [-0.3, -0.25) is 14.5 Å². The topological polar surface area (TPSA) is 135 Å². The fourth-order valence-electron chi connectivity index (χ4n) is 4.40. The first-order valence-corrected chi connectivity index (χ1v) is 13.1. The van der Waals surface area contributed by atoms with Crippen molar-refractivity contribution in [2.24, 2.45) is 0 Å². The predicted octanol–water partition coefficient (Wildman–Crippen LogP) is 4.84. The number of aliphatic hydroxyl groups excluding tert-OH is 1. The monoisotopic (exact) mass is 564 g/mol. The number of phenolic OH excluding ortho intramolecular Hbond substituents is 1.